The minimum absolute atomic E-state index is 0.0813. The number of hydrogen-bond donors (Lipinski definition) is 3. The van der Waals surface area contributed by atoms with E-state index < -0.39 is 17.9 Å². The molecule has 0 fully saturated rings. The standard InChI is InChI=1S/C12H15N3O6/c16-10(17)4-1-7-13-8(2-5-11(18)19)15-9(14-7)3-6-12(20)21/h1-6H2,(H,16,17)(H,18,19)(H,20,21). The topological polar surface area (TPSA) is 151 Å². The maximum absolute atomic E-state index is 10.5. The van der Waals surface area contributed by atoms with Crippen molar-refractivity contribution in [3.05, 3.63) is 17.5 Å². The lowest BCUT2D eigenvalue weighted by molar-refractivity contribution is -0.137. The third-order valence-electron chi connectivity index (χ3n) is 2.46. The van der Waals surface area contributed by atoms with Crippen LogP contribution in [0.5, 0.6) is 0 Å². The molecule has 1 rings (SSSR count). The number of rotatable bonds is 9. The van der Waals surface area contributed by atoms with Crippen LogP contribution in [-0.2, 0) is 33.6 Å². The Kier molecular flexibility index (Phi) is 6.18. The molecule has 0 saturated carbocycles. The second-order valence-corrected chi connectivity index (χ2v) is 4.27. The predicted molar refractivity (Wildman–Crippen MR) is 67.7 cm³/mol. The molecule has 0 aliphatic heterocycles. The molecule has 1 aromatic rings. The van der Waals surface area contributed by atoms with Crippen molar-refractivity contribution in [2.45, 2.75) is 38.5 Å². The summed E-state index contributed by atoms with van der Waals surface area (Å²) in [5, 5.41) is 25.9. The molecule has 1 heterocycles. The summed E-state index contributed by atoms with van der Waals surface area (Å²) in [6.45, 7) is 0. The SMILES string of the molecule is O=C(O)CCc1nc(CCC(=O)O)nc(CCC(=O)O)n1. The summed E-state index contributed by atoms with van der Waals surface area (Å²) in [6.07, 6.45) is -0.254. The third-order valence-corrected chi connectivity index (χ3v) is 2.46. The monoisotopic (exact) mass is 297 g/mol. The smallest absolute Gasteiger partial charge is 0.303 e. The van der Waals surface area contributed by atoms with Crippen molar-refractivity contribution in [3.8, 4) is 0 Å². The minimum Gasteiger partial charge on any atom is -0.481 e. The molecule has 0 radical (unpaired) electrons. The maximum Gasteiger partial charge on any atom is 0.303 e. The summed E-state index contributed by atoms with van der Waals surface area (Å²) in [7, 11) is 0. The van der Waals surface area contributed by atoms with Gasteiger partial charge in [0.05, 0.1) is 19.3 Å². The first-order valence-corrected chi connectivity index (χ1v) is 6.25. The molecule has 1 aromatic heterocycles. The van der Waals surface area contributed by atoms with Gasteiger partial charge in [-0.25, -0.2) is 15.0 Å². The van der Waals surface area contributed by atoms with E-state index in [2.05, 4.69) is 15.0 Å². The van der Waals surface area contributed by atoms with Gasteiger partial charge >= 0.3 is 17.9 Å². The van der Waals surface area contributed by atoms with Crippen LogP contribution in [0, 0.1) is 0 Å². The number of aryl methyl sites for hydroxylation is 3. The van der Waals surface area contributed by atoms with E-state index in [1.54, 1.807) is 0 Å². The van der Waals surface area contributed by atoms with Crippen LogP contribution in [0.3, 0.4) is 0 Å². The Labute approximate surface area is 119 Å². The Balaban J connectivity index is 2.86. The normalized spacial score (nSPS) is 10.3. The van der Waals surface area contributed by atoms with E-state index in [0.717, 1.165) is 0 Å². The summed E-state index contributed by atoms with van der Waals surface area (Å²) in [4.78, 5) is 43.7. The molecule has 21 heavy (non-hydrogen) atoms. The number of aliphatic carboxylic acids is 3. The molecule has 0 bridgehead atoms. The van der Waals surface area contributed by atoms with Crippen LogP contribution in [0.15, 0.2) is 0 Å². The van der Waals surface area contributed by atoms with Crippen LogP contribution >= 0.6 is 0 Å². The molecule has 0 unspecified atom stereocenters. The highest BCUT2D eigenvalue weighted by Gasteiger charge is 2.11. The van der Waals surface area contributed by atoms with Gasteiger partial charge < -0.3 is 15.3 Å². The zero-order chi connectivity index (χ0) is 15.8. The Morgan fingerprint density at radius 2 is 0.857 bits per heavy atom. The van der Waals surface area contributed by atoms with E-state index in [4.69, 9.17) is 15.3 Å². The van der Waals surface area contributed by atoms with Gasteiger partial charge in [0.25, 0.3) is 0 Å². The number of carboxylic acids is 3. The first-order chi connectivity index (χ1) is 9.86. The largest absolute Gasteiger partial charge is 0.481 e. The Morgan fingerprint density at radius 1 is 0.619 bits per heavy atom. The lowest BCUT2D eigenvalue weighted by Gasteiger charge is -2.05. The van der Waals surface area contributed by atoms with Crippen LogP contribution < -0.4 is 0 Å². The van der Waals surface area contributed by atoms with Crippen LogP contribution in [0.25, 0.3) is 0 Å². The van der Waals surface area contributed by atoms with Gasteiger partial charge in [0.15, 0.2) is 0 Å². The van der Waals surface area contributed by atoms with Crippen molar-refractivity contribution in [2.24, 2.45) is 0 Å². The Morgan fingerprint density at radius 3 is 1.05 bits per heavy atom. The summed E-state index contributed by atoms with van der Waals surface area (Å²) in [5.74, 6) is -2.33. The number of nitrogens with zero attached hydrogens (tertiary/aromatic N) is 3. The van der Waals surface area contributed by atoms with Crippen LogP contribution in [0.2, 0.25) is 0 Å². The van der Waals surface area contributed by atoms with Gasteiger partial charge in [-0.1, -0.05) is 0 Å². The molecule has 0 spiro atoms. The van der Waals surface area contributed by atoms with Gasteiger partial charge in [0.1, 0.15) is 17.5 Å². The lowest BCUT2D eigenvalue weighted by Crippen LogP contribution is -2.12. The van der Waals surface area contributed by atoms with Crippen LogP contribution in [0.1, 0.15) is 36.7 Å². The number of aromatic nitrogens is 3. The molecule has 0 amide bonds. The molecule has 0 aromatic carbocycles. The molecule has 9 nitrogen and oxygen atoms in total. The van der Waals surface area contributed by atoms with Crippen molar-refractivity contribution in [2.75, 3.05) is 0 Å². The van der Waals surface area contributed by atoms with Gasteiger partial charge in [0.2, 0.25) is 0 Å². The molecule has 114 valence electrons. The van der Waals surface area contributed by atoms with Crippen molar-refractivity contribution in [3.63, 3.8) is 0 Å². The molecule has 9 heteroatoms. The van der Waals surface area contributed by atoms with E-state index in [9.17, 15) is 14.4 Å². The maximum atomic E-state index is 10.5. The van der Waals surface area contributed by atoms with Gasteiger partial charge in [-0.3, -0.25) is 14.4 Å². The van der Waals surface area contributed by atoms with E-state index in [1.807, 2.05) is 0 Å². The minimum atomic E-state index is -1.01. The summed E-state index contributed by atoms with van der Waals surface area (Å²) < 4.78 is 0. The van der Waals surface area contributed by atoms with E-state index >= 15 is 0 Å². The van der Waals surface area contributed by atoms with Gasteiger partial charge in [-0.2, -0.15) is 0 Å². The van der Waals surface area contributed by atoms with Gasteiger partial charge in [-0.15, -0.1) is 0 Å². The summed E-state index contributed by atoms with van der Waals surface area (Å²) in [6, 6.07) is 0. The van der Waals surface area contributed by atoms with Gasteiger partial charge in [-0.05, 0) is 0 Å². The molecule has 0 aliphatic rings. The molecule has 0 saturated heterocycles. The van der Waals surface area contributed by atoms with E-state index in [0.29, 0.717) is 0 Å². The number of hydrogen-bond acceptors (Lipinski definition) is 6. The molecular weight excluding hydrogens is 282 g/mol. The van der Waals surface area contributed by atoms with Crippen molar-refractivity contribution < 1.29 is 29.7 Å². The molecule has 0 atom stereocenters. The first kappa shape index (κ1) is 16.5. The zero-order valence-corrected chi connectivity index (χ0v) is 11.2. The van der Waals surface area contributed by atoms with E-state index in [1.165, 1.54) is 0 Å². The van der Waals surface area contributed by atoms with Crippen molar-refractivity contribution >= 4 is 17.9 Å². The Bertz CT molecular complexity index is 457. The fourth-order valence-electron chi connectivity index (χ4n) is 1.51. The zero-order valence-electron chi connectivity index (χ0n) is 11.2. The number of carbonyl (C=O) groups is 3. The highest BCUT2D eigenvalue weighted by Crippen LogP contribution is 2.05. The third kappa shape index (κ3) is 6.95. The lowest BCUT2D eigenvalue weighted by atomic mass is 10.2. The fourth-order valence-corrected chi connectivity index (χ4v) is 1.51. The molecule has 3 N–H and O–H groups in total. The average Bonchev–Trinajstić information content (AvgIpc) is 2.40. The summed E-state index contributed by atoms with van der Waals surface area (Å²) >= 11 is 0. The summed E-state index contributed by atoms with van der Waals surface area (Å²) in [5.41, 5.74) is 0. The van der Waals surface area contributed by atoms with Crippen LogP contribution in [-0.4, -0.2) is 48.2 Å². The van der Waals surface area contributed by atoms with E-state index in [-0.39, 0.29) is 56.0 Å². The van der Waals surface area contributed by atoms with Gasteiger partial charge in [0, 0.05) is 19.3 Å². The first-order valence-electron chi connectivity index (χ1n) is 6.25. The van der Waals surface area contributed by atoms with Crippen molar-refractivity contribution in [1.82, 2.24) is 15.0 Å². The predicted octanol–water partition coefficient (Wildman–Crippen LogP) is -0.0768. The molecule has 0 aliphatic carbocycles. The average molecular weight is 297 g/mol. The second kappa shape index (κ2) is 7.88. The quantitative estimate of drug-likeness (QED) is 0.568. The Hall–Kier alpha value is -2.58. The second-order valence-electron chi connectivity index (χ2n) is 4.27. The van der Waals surface area contributed by atoms with Crippen LogP contribution in [0.4, 0.5) is 0 Å². The molecular formula is C12H15N3O6. The number of carboxylic acid groups (broad SMARTS) is 3. The highest BCUT2D eigenvalue weighted by atomic mass is 16.4. The van der Waals surface area contributed by atoms with Crippen molar-refractivity contribution in [1.29, 1.82) is 0 Å². The fraction of sp³-hybridized carbons (Fsp3) is 0.500. The highest BCUT2D eigenvalue weighted by molar-refractivity contribution is 5.67.